The van der Waals surface area contributed by atoms with Gasteiger partial charge in [-0.25, -0.2) is 0 Å². The topological polar surface area (TPSA) is 89.3 Å². The number of halogens is 1. The predicted octanol–water partition coefficient (Wildman–Crippen LogP) is 2.50. The summed E-state index contributed by atoms with van der Waals surface area (Å²) >= 11 is 0. The Morgan fingerprint density at radius 1 is 1.14 bits per heavy atom. The average Bonchev–Trinajstić information content (AvgIpc) is 2.45. The molecule has 116 valence electrons. The molecular formula is C15H15FN2O3S. The first-order chi connectivity index (χ1) is 10.3. The first-order valence-corrected chi connectivity index (χ1v) is 7.92. The Morgan fingerprint density at radius 2 is 1.82 bits per heavy atom. The van der Waals surface area contributed by atoms with Crippen molar-refractivity contribution in [3.8, 4) is 0 Å². The third-order valence-corrected chi connectivity index (χ3v) is 3.85. The van der Waals surface area contributed by atoms with Crippen molar-refractivity contribution in [2.24, 2.45) is 0 Å². The molecule has 0 aliphatic heterocycles. The Labute approximate surface area is 128 Å². The lowest BCUT2D eigenvalue weighted by Crippen LogP contribution is -2.12. The van der Waals surface area contributed by atoms with Crippen LogP contribution in [0.1, 0.15) is 12.0 Å². The summed E-state index contributed by atoms with van der Waals surface area (Å²) in [6.45, 7) is 0. The number of amides is 1. The number of benzene rings is 2. The molecule has 0 radical (unpaired) electrons. The van der Waals surface area contributed by atoms with E-state index in [9.17, 15) is 17.1 Å². The van der Waals surface area contributed by atoms with Crippen molar-refractivity contribution in [2.75, 3.05) is 11.1 Å². The summed E-state index contributed by atoms with van der Waals surface area (Å²) in [5.74, 6) is -0.224. The third kappa shape index (κ3) is 4.56. The summed E-state index contributed by atoms with van der Waals surface area (Å²) in [6, 6.07) is 12.1. The third-order valence-electron chi connectivity index (χ3n) is 3.01. The maximum absolute atomic E-state index is 12.7. The average molecular weight is 322 g/mol. The van der Waals surface area contributed by atoms with Crippen molar-refractivity contribution >= 4 is 27.5 Å². The maximum Gasteiger partial charge on any atom is 0.332 e. The Bertz CT molecular complexity index is 774. The van der Waals surface area contributed by atoms with Crippen molar-refractivity contribution < 1.29 is 17.1 Å². The van der Waals surface area contributed by atoms with Crippen LogP contribution >= 0.6 is 0 Å². The smallest absolute Gasteiger partial charge is 0.332 e. The Hall–Kier alpha value is -2.41. The minimum atomic E-state index is -4.72. The van der Waals surface area contributed by atoms with Gasteiger partial charge in [0.15, 0.2) is 0 Å². The molecule has 0 unspecified atom stereocenters. The molecule has 0 bridgehead atoms. The quantitative estimate of drug-likeness (QED) is 0.654. The van der Waals surface area contributed by atoms with E-state index in [4.69, 9.17) is 5.73 Å². The molecule has 0 atom stereocenters. The molecule has 0 fully saturated rings. The minimum absolute atomic E-state index is 0.224. The van der Waals surface area contributed by atoms with Crippen LogP contribution in [0.25, 0.3) is 0 Å². The summed E-state index contributed by atoms with van der Waals surface area (Å²) in [6.07, 6.45) is 0.792. The van der Waals surface area contributed by atoms with Crippen LogP contribution in [0.15, 0.2) is 53.4 Å². The van der Waals surface area contributed by atoms with Gasteiger partial charge < -0.3 is 11.1 Å². The second kappa shape index (κ2) is 6.57. The first kappa shape index (κ1) is 16.0. The highest BCUT2D eigenvalue weighted by Gasteiger charge is 2.11. The number of nitrogens with two attached hydrogens (primary N) is 1. The molecule has 0 aliphatic rings. The highest BCUT2D eigenvalue weighted by Crippen LogP contribution is 2.16. The van der Waals surface area contributed by atoms with E-state index in [-0.39, 0.29) is 12.3 Å². The fraction of sp³-hybridized carbons (Fsp3) is 0.133. The number of anilines is 2. The fourth-order valence-electron chi connectivity index (χ4n) is 1.93. The molecule has 0 aromatic heterocycles. The molecule has 3 N–H and O–H groups in total. The lowest BCUT2D eigenvalue weighted by atomic mass is 10.1. The number of rotatable bonds is 5. The molecule has 2 aromatic rings. The van der Waals surface area contributed by atoms with E-state index in [1.807, 2.05) is 12.1 Å². The van der Waals surface area contributed by atoms with Crippen LogP contribution < -0.4 is 11.1 Å². The van der Waals surface area contributed by atoms with Gasteiger partial charge >= 0.3 is 10.2 Å². The van der Waals surface area contributed by atoms with Crippen molar-refractivity contribution in [1.29, 1.82) is 0 Å². The zero-order chi connectivity index (χ0) is 16.2. The van der Waals surface area contributed by atoms with Crippen LogP contribution in [0, 0.1) is 0 Å². The molecule has 0 heterocycles. The van der Waals surface area contributed by atoms with Gasteiger partial charge in [-0.1, -0.05) is 12.1 Å². The van der Waals surface area contributed by atoms with E-state index < -0.39 is 15.1 Å². The molecule has 5 nitrogen and oxygen atoms in total. The Balaban J connectivity index is 1.92. The van der Waals surface area contributed by atoms with Crippen LogP contribution in [0.5, 0.6) is 0 Å². The molecule has 1 amide bonds. The van der Waals surface area contributed by atoms with E-state index in [1.165, 1.54) is 12.1 Å². The Morgan fingerprint density at radius 3 is 2.41 bits per heavy atom. The lowest BCUT2D eigenvalue weighted by molar-refractivity contribution is -0.116. The number of nitrogens with one attached hydrogen (secondary N) is 1. The summed E-state index contributed by atoms with van der Waals surface area (Å²) < 4.78 is 34.1. The van der Waals surface area contributed by atoms with E-state index in [2.05, 4.69) is 5.32 Å². The number of aryl methyl sites for hydroxylation is 1. The highest BCUT2D eigenvalue weighted by atomic mass is 32.3. The molecule has 0 spiro atoms. The predicted molar refractivity (Wildman–Crippen MR) is 82.5 cm³/mol. The van der Waals surface area contributed by atoms with Gasteiger partial charge in [0.1, 0.15) is 0 Å². The van der Waals surface area contributed by atoms with Gasteiger partial charge in [-0.2, -0.15) is 8.42 Å². The number of carbonyl (C=O) groups excluding carboxylic acids is 1. The van der Waals surface area contributed by atoms with Gasteiger partial charge in [0.05, 0.1) is 4.90 Å². The second-order valence-corrected chi connectivity index (χ2v) is 6.10. The van der Waals surface area contributed by atoms with Crippen LogP contribution in [0.4, 0.5) is 15.3 Å². The monoisotopic (exact) mass is 322 g/mol. The van der Waals surface area contributed by atoms with Crippen LogP contribution in [0.2, 0.25) is 0 Å². The zero-order valence-corrected chi connectivity index (χ0v) is 12.4. The van der Waals surface area contributed by atoms with Crippen molar-refractivity contribution in [1.82, 2.24) is 0 Å². The summed E-state index contributed by atoms with van der Waals surface area (Å²) in [4.78, 5) is 11.4. The maximum atomic E-state index is 12.7. The van der Waals surface area contributed by atoms with Crippen molar-refractivity contribution in [3.63, 3.8) is 0 Å². The van der Waals surface area contributed by atoms with Crippen LogP contribution in [-0.2, 0) is 21.4 Å². The van der Waals surface area contributed by atoms with Crippen LogP contribution in [0.3, 0.4) is 0 Å². The minimum Gasteiger partial charge on any atom is -0.399 e. The summed E-state index contributed by atoms with van der Waals surface area (Å²) in [7, 11) is -4.72. The van der Waals surface area contributed by atoms with E-state index in [0.717, 1.165) is 17.7 Å². The van der Waals surface area contributed by atoms with E-state index in [1.54, 1.807) is 12.1 Å². The lowest BCUT2D eigenvalue weighted by Gasteiger charge is -2.06. The Kier molecular flexibility index (Phi) is 4.77. The molecule has 2 aromatic carbocycles. The number of hydrogen-bond donors (Lipinski definition) is 2. The van der Waals surface area contributed by atoms with Crippen LogP contribution in [-0.4, -0.2) is 14.3 Å². The summed E-state index contributed by atoms with van der Waals surface area (Å²) in [5, 5.41) is 2.62. The van der Waals surface area contributed by atoms with Gasteiger partial charge in [0.25, 0.3) is 0 Å². The van der Waals surface area contributed by atoms with Gasteiger partial charge in [-0.15, -0.1) is 3.89 Å². The molecule has 7 heteroatoms. The molecular weight excluding hydrogens is 307 g/mol. The summed E-state index contributed by atoms with van der Waals surface area (Å²) in [5.41, 5.74) is 7.66. The van der Waals surface area contributed by atoms with E-state index >= 15 is 0 Å². The SMILES string of the molecule is Nc1cccc(CCC(=O)Nc2ccc(S(=O)(=O)F)cc2)c1. The second-order valence-electron chi connectivity index (χ2n) is 4.76. The number of hydrogen-bond acceptors (Lipinski definition) is 4. The largest absolute Gasteiger partial charge is 0.399 e. The van der Waals surface area contributed by atoms with Gasteiger partial charge in [-0.3, -0.25) is 4.79 Å². The molecule has 0 saturated carbocycles. The molecule has 0 aliphatic carbocycles. The number of carbonyl (C=O) groups is 1. The number of nitrogen functional groups attached to an aromatic ring is 1. The van der Waals surface area contributed by atoms with Gasteiger partial charge in [-0.05, 0) is 48.4 Å². The molecule has 0 saturated heterocycles. The van der Waals surface area contributed by atoms with Crippen molar-refractivity contribution in [2.45, 2.75) is 17.7 Å². The van der Waals surface area contributed by atoms with Crippen molar-refractivity contribution in [3.05, 3.63) is 54.1 Å². The van der Waals surface area contributed by atoms with E-state index in [0.29, 0.717) is 17.8 Å². The van der Waals surface area contributed by atoms with Gasteiger partial charge in [0.2, 0.25) is 5.91 Å². The first-order valence-electron chi connectivity index (χ1n) is 6.53. The zero-order valence-electron chi connectivity index (χ0n) is 11.6. The molecule has 2 rings (SSSR count). The van der Waals surface area contributed by atoms with Gasteiger partial charge in [0, 0.05) is 17.8 Å². The highest BCUT2D eigenvalue weighted by molar-refractivity contribution is 7.86. The molecule has 22 heavy (non-hydrogen) atoms. The normalized spacial score (nSPS) is 11.1. The standard InChI is InChI=1S/C15H15FN2O3S/c16-22(20,21)14-7-5-13(6-8-14)18-15(19)9-4-11-2-1-3-12(17)10-11/h1-3,5-8,10H,4,9,17H2,(H,18,19). The fourth-order valence-corrected chi connectivity index (χ4v) is 2.39.